The topological polar surface area (TPSA) is 3.24 Å². The van der Waals surface area contributed by atoms with Crippen LogP contribution in [0.15, 0.2) is 48.5 Å². The molecule has 2 heteroatoms. The van der Waals surface area contributed by atoms with Crippen molar-refractivity contribution in [2.75, 3.05) is 19.6 Å². The third-order valence-corrected chi connectivity index (χ3v) is 5.03. The van der Waals surface area contributed by atoms with Crippen LogP contribution in [0.3, 0.4) is 0 Å². The van der Waals surface area contributed by atoms with Gasteiger partial charge in [0.25, 0.3) is 0 Å². The molecule has 0 amide bonds. The summed E-state index contributed by atoms with van der Waals surface area (Å²) in [6.07, 6.45) is 1.21. The zero-order chi connectivity index (χ0) is 19.1. The molecule has 0 N–H and O–H groups in total. The predicted molar refractivity (Wildman–Crippen MR) is 116 cm³/mol. The lowest BCUT2D eigenvalue weighted by molar-refractivity contribution is 0.213. The van der Waals surface area contributed by atoms with E-state index in [1.165, 1.54) is 42.7 Å². The number of halogens is 1. The van der Waals surface area contributed by atoms with Crippen molar-refractivity contribution >= 4 is 11.6 Å². The lowest BCUT2D eigenvalue weighted by atomic mass is 9.95. The first-order valence-corrected chi connectivity index (χ1v) is 10.3. The number of nitrogens with zero attached hydrogens (tertiary/aromatic N) is 1. The van der Waals surface area contributed by atoms with Crippen molar-refractivity contribution in [1.29, 1.82) is 0 Å². The quantitative estimate of drug-likeness (QED) is 0.453. The van der Waals surface area contributed by atoms with Crippen LogP contribution in [0.5, 0.6) is 0 Å². The average Bonchev–Trinajstić information content (AvgIpc) is 2.59. The summed E-state index contributed by atoms with van der Waals surface area (Å²) < 4.78 is 0. The van der Waals surface area contributed by atoms with Crippen LogP contribution in [0, 0.1) is 11.8 Å². The Balaban J connectivity index is 1.96. The molecule has 0 aliphatic heterocycles. The molecule has 0 fully saturated rings. The second-order valence-corrected chi connectivity index (χ2v) is 8.80. The fraction of sp³-hybridized carbons (Fsp3) is 0.500. The molecule has 1 nitrogen and oxygen atoms in total. The van der Waals surface area contributed by atoms with Crippen molar-refractivity contribution in [1.82, 2.24) is 4.90 Å². The molecule has 2 rings (SSSR count). The highest BCUT2D eigenvalue weighted by Crippen LogP contribution is 2.25. The van der Waals surface area contributed by atoms with Crippen LogP contribution in [0.4, 0.5) is 0 Å². The first kappa shape index (κ1) is 21.0. The minimum atomic E-state index is 0.580. The highest BCUT2D eigenvalue weighted by Gasteiger charge is 2.12. The number of hydrogen-bond donors (Lipinski definition) is 0. The molecular weight excluding hydrogens is 338 g/mol. The van der Waals surface area contributed by atoms with E-state index in [9.17, 15) is 0 Å². The Morgan fingerprint density at radius 2 is 1.19 bits per heavy atom. The predicted octanol–water partition coefficient (Wildman–Crippen LogP) is 7.11. The minimum absolute atomic E-state index is 0.580. The molecule has 0 spiro atoms. The van der Waals surface area contributed by atoms with Gasteiger partial charge in [-0.1, -0.05) is 82.6 Å². The molecular formula is C24H34ClN. The van der Waals surface area contributed by atoms with E-state index >= 15 is 0 Å². The van der Waals surface area contributed by atoms with Gasteiger partial charge in [0.1, 0.15) is 0 Å². The molecule has 0 heterocycles. The monoisotopic (exact) mass is 371 g/mol. The number of hydrogen-bond acceptors (Lipinski definition) is 1. The van der Waals surface area contributed by atoms with Crippen LogP contribution in [0.2, 0.25) is 5.02 Å². The van der Waals surface area contributed by atoms with Crippen molar-refractivity contribution in [3.63, 3.8) is 0 Å². The van der Waals surface area contributed by atoms with E-state index in [1.54, 1.807) is 0 Å². The van der Waals surface area contributed by atoms with Gasteiger partial charge in [0, 0.05) is 18.1 Å². The fourth-order valence-corrected chi connectivity index (χ4v) is 3.61. The maximum Gasteiger partial charge on any atom is 0.0406 e. The summed E-state index contributed by atoms with van der Waals surface area (Å²) in [5.74, 6) is 2.03. The minimum Gasteiger partial charge on any atom is -0.303 e. The fourth-order valence-electron chi connectivity index (χ4n) is 3.48. The second kappa shape index (κ2) is 10.1. The van der Waals surface area contributed by atoms with Gasteiger partial charge in [-0.05, 0) is 59.5 Å². The van der Waals surface area contributed by atoms with E-state index in [1.807, 2.05) is 12.1 Å². The SMILES string of the molecule is CC(C)CN(CCC(C)c1ccc(-c2ccc(Cl)cc2)cc1)CC(C)C. The highest BCUT2D eigenvalue weighted by molar-refractivity contribution is 6.30. The summed E-state index contributed by atoms with van der Waals surface area (Å²) >= 11 is 5.98. The van der Waals surface area contributed by atoms with Crippen LogP contribution >= 0.6 is 11.6 Å². The molecule has 0 aliphatic rings. The Morgan fingerprint density at radius 3 is 1.65 bits per heavy atom. The first-order valence-electron chi connectivity index (χ1n) is 9.93. The van der Waals surface area contributed by atoms with Gasteiger partial charge in [0.15, 0.2) is 0 Å². The van der Waals surface area contributed by atoms with E-state index in [0.29, 0.717) is 5.92 Å². The largest absolute Gasteiger partial charge is 0.303 e. The molecule has 0 saturated carbocycles. The first-order chi connectivity index (χ1) is 12.3. The maximum absolute atomic E-state index is 5.98. The van der Waals surface area contributed by atoms with Gasteiger partial charge in [-0.15, -0.1) is 0 Å². The molecule has 0 aromatic heterocycles. The molecule has 2 aromatic rings. The zero-order valence-corrected chi connectivity index (χ0v) is 17.8. The van der Waals surface area contributed by atoms with Crippen LogP contribution in [0.1, 0.15) is 52.5 Å². The van der Waals surface area contributed by atoms with E-state index in [4.69, 9.17) is 11.6 Å². The Morgan fingerprint density at radius 1 is 0.731 bits per heavy atom. The van der Waals surface area contributed by atoms with E-state index in [-0.39, 0.29) is 0 Å². The van der Waals surface area contributed by atoms with Gasteiger partial charge in [0.2, 0.25) is 0 Å². The summed E-state index contributed by atoms with van der Waals surface area (Å²) in [5, 5.41) is 0.784. The molecule has 2 aromatic carbocycles. The molecule has 0 bridgehead atoms. The Labute approximate surface area is 165 Å². The highest BCUT2D eigenvalue weighted by atomic mass is 35.5. The van der Waals surface area contributed by atoms with Crippen molar-refractivity contribution in [3.8, 4) is 11.1 Å². The standard InChI is InChI=1S/C24H34ClN/c1-18(2)16-26(17-19(3)4)15-14-20(5)21-6-8-22(9-7-21)23-10-12-24(25)13-11-23/h6-13,18-20H,14-17H2,1-5H3. The molecule has 26 heavy (non-hydrogen) atoms. The zero-order valence-electron chi connectivity index (χ0n) is 17.0. The van der Waals surface area contributed by atoms with Gasteiger partial charge < -0.3 is 4.90 Å². The number of benzene rings is 2. The number of rotatable bonds is 9. The molecule has 0 aliphatic carbocycles. The summed E-state index contributed by atoms with van der Waals surface area (Å²) in [4.78, 5) is 2.63. The molecule has 142 valence electrons. The third-order valence-electron chi connectivity index (χ3n) is 4.78. The van der Waals surface area contributed by atoms with Crippen molar-refractivity contribution < 1.29 is 0 Å². The Bertz CT molecular complexity index is 633. The summed E-state index contributed by atoms with van der Waals surface area (Å²) in [6.45, 7) is 15.2. The van der Waals surface area contributed by atoms with Crippen molar-refractivity contribution in [2.45, 2.75) is 47.0 Å². The smallest absolute Gasteiger partial charge is 0.0406 e. The summed E-state index contributed by atoms with van der Waals surface area (Å²) in [5.41, 5.74) is 3.89. The van der Waals surface area contributed by atoms with Gasteiger partial charge in [-0.3, -0.25) is 0 Å². The van der Waals surface area contributed by atoms with Crippen molar-refractivity contribution in [2.24, 2.45) is 11.8 Å². The van der Waals surface area contributed by atoms with Crippen LogP contribution in [-0.2, 0) is 0 Å². The van der Waals surface area contributed by atoms with Gasteiger partial charge in [-0.2, -0.15) is 0 Å². The van der Waals surface area contributed by atoms with Crippen LogP contribution in [0.25, 0.3) is 11.1 Å². The van der Waals surface area contributed by atoms with Crippen LogP contribution in [-0.4, -0.2) is 24.5 Å². The molecule has 0 radical (unpaired) electrons. The molecule has 1 unspecified atom stereocenters. The average molecular weight is 372 g/mol. The summed E-state index contributed by atoms with van der Waals surface area (Å²) in [7, 11) is 0. The van der Waals surface area contributed by atoms with Gasteiger partial charge in [0.05, 0.1) is 0 Å². The van der Waals surface area contributed by atoms with E-state index in [0.717, 1.165) is 16.9 Å². The molecule has 0 saturated heterocycles. The second-order valence-electron chi connectivity index (χ2n) is 8.37. The van der Waals surface area contributed by atoms with Gasteiger partial charge >= 0.3 is 0 Å². The van der Waals surface area contributed by atoms with Gasteiger partial charge in [-0.25, -0.2) is 0 Å². The summed E-state index contributed by atoms with van der Waals surface area (Å²) in [6, 6.07) is 17.1. The van der Waals surface area contributed by atoms with E-state index in [2.05, 4.69) is 75.9 Å². The Kier molecular flexibility index (Phi) is 8.18. The third kappa shape index (κ3) is 6.78. The molecule has 1 atom stereocenters. The maximum atomic E-state index is 5.98. The lowest BCUT2D eigenvalue weighted by Gasteiger charge is -2.27. The normalized spacial score (nSPS) is 13.0. The van der Waals surface area contributed by atoms with E-state index < -0.39 is 0 Å². The van der Waals surface area contributed by atoms with Crippen LogP contribution < -0.4 is 0 Å². The Hall–Kier alpha value is -1.31. The lowest BCUT2D eigenvalue weighted by Crippen LogP contribution is -2.32. The van der Waals surface area contributed by atoms with Crippen molar-refractivity contribution in [3.05, 3.63) is 59.1 Å².